The Hall–Kier alpha value is -2.74. The van der Waals surface area contributed by atoms with Crippen LogP contribution in [0.15, 0.2) is 72.9 Å². The summed E-state index contributed by atoms with van der Waals surface area (Å²) in [5.74, 6) is 0.240. The van der Waals surface area contributed by atoms with Gasteiger partial charge in [-0.15, -0.1) is 0 Å². The summed E-state index contributed by atoms with van der Waals surface area (Å²) in [7, 11) is 0. The minimum Gasteiger partial charge on any atom is -0.299 e. The number of hydrogen-bond acceptors (Lipinski definition) is 2. The maximum atomic E-state index is 12.2. The van der Waals surface area contributed by atoms with E-state index in [1.165, 1.54) is 0 Å². The summed E-state index contributed by atoms with van der Waals surface area (Å²) in [4.78, 5) is 16.4. The maximum Gasteiger partial charge on any atom is 0.141 e. The second kappa shape index (κ2) is 7.01. The van der Waals surface area contributed by atoms with Crippen LogP contribution in [0.4, 0.5) is 0 Å². The molecule has 0 amide bonds. The lowest BCUT2D eigenvalue weighted by atomic mass is 10.00. The van der Waals surface area contributed by atoms with E-state index in [1.54, 1.807) is 0 Å². The third-order valence-electron chi connectivity index (χ3n) is 3.83. The second-order valence-corrected chi connectivity index (χ2v) is 5.76. The summed E-state index contributed by atoms with van der Waals surface area (Å²) in [5, 5.41) is 0. The molecule has 3 rings (SSSR count). The molecule has 3 aromatic rings. The van der Waals surface area contributed by atoms with Crippen LogP contribution >= 0.6 is 0 Å². The van der Waals surface area contributed by atoms with E-state index < -0.39 is 0 Å². The van der Waals surface area contributed by atoms with Crippen molar-refractivity contribution in [2.24, 2.45) is 0 Å². The lowest BCUT2D eigenvalue weighted by Crippen LogP contribution is -2.06. The van der Waals surface area contributed by atoms with E-state index in [1.807, 2.05) is 61.7 Å². The number of nitrogens with zero attached hydrogens (tertiary/aromatic N) is 1. The molecule has 1 aromatic heterocycles. The van der Waals surface area contributed by atoms with E-state index >= 15 is 0 Å². The van der Waals surface area contributed by atoms with Crippen LogP contribution in [0.2, 0.25) is 0 Å². The van der Waals surface area contributed by atoms with Crippen LogP contribution in [0.5, 0.6) is 0 Å². The van der Waals surface area contributed by atoms with Gasteiger partial charge in [-0.05, 0) is 41.3 Å². The van der Waals surface area contributed by atoms with Gasteiger partial charge in [-0.25, -0.2) is 0 Å². The van der Waals surface area contributed by atoms with E-state index in [2.05, 4.69) is 23.2 Å². The fourth-order valence-electron chi connectivity index (χ4n) is 2.65. The number of pyridine rings is 1. The second-order valence-electron chi connectivity index (χ2n) is 5.76. The highest BCUT2D eigenvalue weighted by Gasteiger charge is 2.06. The van der Waals surface area contributed by atoms with Gasteiger partial charge in [-0.1, -0.05) is 54.6 Å². The predicted octanol–water partition coefficient (Wildman–Crippen LogP) is 4.41. The van der Waals surface area contributed by atoms with Crippen LogP contribution in [0.3, 0.4) is 0 Å². The van der Waals surface area contributed by atoms with Crippen LogP contribution in [-0.2, 0) is 17.6 Å². The zero-order chi connectivity index (χ0) is 16.1. The molecule has 1 heterocycles. The van der Waals surface area contributed by atoms with Crippen molar-refractivity contribution in [2.45, 2.75) is 19.8 Å². The van der Waals surface area contributed by atoms with Crippen LogP contribution < -0.4 is 0 Å². The predicted molar refractivity (Wildman–Crippen MR) is 93.3 cm³/mol. The van der Waals surface area contributed by atoms with Crippen LogP contribution in [0, 0.1) is 6.92 Å². The number of carbonyl (C=O) groups is 1. The molecule has 0 spiro atoms. The van der Waals surface area contributed by atoms with E-state index in [4.69, 9.17) is 0 Å². The number of benzene rings is 2. The van der Waals surface area contributed by atoms with Gasteiger partial charge in [0.25, 0.3) is 0 Å². The average Bonchev–Trinajstić information content (AvgIpc) is 2.56. The third-order valence-corrected chi connectivity index (χ3v) is 3.83. The molecule has 0 unspecified atom stereocenters. The molecule has 0 radical (unpaired) electrons. The Labute approximate surface area is 136 Å². The molecule has 114 valence electrons. The van der Waals surface area contributed by atoms with E-state index in [0.29, 0.717) is 12.8 Å². The summed E-state index contributed by atoms with van der Waals surface area (Å²) < 4.78 is 0. The summed E-state index contributed by atoms with van der Waals surface area (Å²) in [6.07, 6.45) is 2.79. The number of carbonyl (C=O) groups excluding carboxylic acids is 1. The van der Waals surface area contributed by atoms with Crippen molar-refractivity contribution in [2.75, 3.05) is 0 Å². The first-order valence-corrected chi connectivity index (χ1v) is 7.78. The zero-order valence-corrected chi connectivity index (χ0v) is 13.2. The van der Waals surface area contributed by atoms with Gasteiger partial charge in [0.1, 0.15) is 5.78 Å². The van der Waals surface area contributed by atoms with Crippen LogP contribution in [0.1, 0.15) is 16.8 Å². The average molecular weight is 301 g/mol. The van der Waals surface area contributed by atoms with Gasteiger partial charge >= 0.3 is 0 Å². The molecule has 0 fully saturated rings. The lowest BCUT2D eigenvalue weighted by Gasteiger charge is -2.05. The molecule has 0 aliphatic heterocycles. The van der Waals surface area contributed by atoms with Crippen LogP contribution in [0.25, 0.3) is 11.1 Å². The van der Waals surface area contributed by atoms with Crippen molar-refractivity contribution in [3.63, 3.8) is 0 Å². The molecule has 2 nitrogen and oxygen atoms in total. The number of aryl methyl sites for hydroxylation is 1. The molecular formula is C21H19NO. The fourth-order valence-corrected chi connectivity index (χ4v) is 2.65. The van der Waals surface area contributed by atoms with Crippen molar-refractivity contribution >= 4 is 5.78 Å². The SMILES string of the molecule is Cc1cc(-c2ccc(CC(=O)Cc3ccccc3)cc2)ccn1. The summed E-state index contributed by atoms with van der Waals surface area (Å²) in [6.45, 7) is 1.99. The first-order valence-electron chi connectivity index (χ1n) is 7.78. The molecule has 0 saturated carbocycles. The molecule has 2 aromatic carbocycles. The molecule has 0 aliphatic carbocycles. The monoisotopic (exact) mass is 301 g/mol. The van der Waals surface area contributed by atoms with Crippen LogP contribution in [-0.4, -0.2) is 10.8 Å². The summed E-state index contributed by atoms with van der Waals surface area (Å²) in [6, 6.07) is 22.2. The number of hydrogen-bond donors (Lipinski definition) is 0. The van der Waals surface area contributed by atoms with E-state index in [0.717, 1.165) is 27.9 Å². The number of aromatic nitrogens is 1. The maximum absolute atomic E-state index is 12.2. The lowest BCUT2D eigenvalue weighted by molar-refractivity contribution is -0.117. The van der Waals surface area contributed by atoms with E-state index in [9.17, 15) is 4.79 Å². The van der Waals surface area contributed by atoms with Gasteiger partial charge in [0.05, 0.1) is 0 Å². The Balaban J connectivity index is 1.67. The van der Waals surface area contributed by atoms with Crippen molar-refractivity contribution in [3.8, 4) is 11.1 Å². The smallest absolute Gasteiger partial charge is 0.141 e. The Morgan fingerprint density at radius 3 is 2.13 bits per heavy atom. The first-order chi connectivity index (χ1) is 11.2. The molecule has 0 atom stereocenters. The molecular weight excluding hydrogens is 282 g/mol. The zero-order valence-electron chi connectivity index (χ0n) is 13.2. The largest absolute Gasteiger partial charge is 0.299 e. The molecule has 0 bridgehead atoms. The third kappa shape index (κ3) is 4.13. The normalized spacial score (nSPS) is 10.5. The topological polar surface area (TPSA) is 30.0 Å². The molecule has 2 heteroatoms. The van der Waals surface area contributed by atoms with Gasteiger partial charge in [0.2, 0.25) is 0 Å². The van der Waals surface area contributed by atoms with Gasteiger partial charge in [-0.3, -0.25) is 9.78 Å². The van der Waals surface area contributed by atoms with E-state index in [-0.39, 0.29) is 5.78 Å². The summed E-state index contributed by atoms with van der Waals surface area (Å²) >= 11 is 0. The Kier molecular flexibility index (Phi) is 4.62. The number of ketones is 1. The van der Waals surface area contributed by atoms with Gasteiger partial charge in [0.15, 0.2) is 0 Å². The van der Waals surface area contributed by atoms with Gasteiger partial charge in [0, 0.05) is 24.7 Å². The number of Topliss-reactive ketones (excluding diaryl/α,β-unsaturated/α-hetero) is 1. The van der Waals surface area contributed by atoms with Crippen molar-refractivity contribution in [1.82, 2.24) is 4.98 Å². The highest BCUT2D eigenvalue weighted by Crippen LogP contribution is 2.20. The van der Waals surface area contributed by atoms with Gasteiger partial charge < -0.3 is 0 Å². The van der Waals surface area contributed by atoms with Crippen molar-refractivity contribution < 1.29 is 4.79 Å². The van der Waals surface area contributed by atoms with Crippen molar-refractivity contribution in [3.05, 3.63) is 89.7 Å². The quantitative estimate of drug-likeness (QED) is 0.698. The number of rotatable bonds is 5. The van der Waals surface area contributed by atoms with Crippen molar-refractivity contribution in [1.29, 1.82) is 0 Å². The minimum absolute atomic E-state index is 0.240. The first kappa shape index (κ1) is 15.2. The molecule has 0 N–H and O–H groups in total. The fraction of sp³-hybridized carbons (Fsp3) is 0.143. The molecule has 0 aliphatic rings. The Morgan fingerprint density at radius 2 is 1.48 bits per heavy atom. The Morgan fingerprint density at radius 1 is 0.826 bits per heavy atom. The van der Waals surface area contributed by atoms with Gasteiger partial charge in [-0.2, -0.15) is 0 Å². The molecule has 23 heavy (non-hydrogen) atoms. The highest BCUT2D eigenvalue weighted by atomic mass is 16.1. The summed E-state index contributed by atoms with van der Waals surface area (Å²) in [5.41, 5.74) is 5.43. The minimum atomic E-state index is 0.240. The molecule has 0 saturated heterocycles. The highest BCUT2D eigenvalue weighted by molar-refractivity contribution is 5.83. The standard InChI is InChI=1S/C21H19NO/c1-16-13-20(11-12-22-16)19-9-7-18(8-10-19)15-21(23)14-17-5-3-2-4-6-17/h2-13H,14-15H2,1H3. The Bertz CT molecular complexity index is 792.